The highest BCUT2D eigenvalue weighted by Gasteiger charge is 2.16. The Morgan fingerprint density at radius 1 is 1.00 bits per heavy atom. The number of nitrogens with zero attached hydrogens (tertiary/aromatic N) is 2. The van der Waals surface area contributed by atoms with Crippen molar-refractivity contribution in [3.63, 3.8) is 0 Å². The fourth-order valence-corrected chi connectivity index (χ4v) is 3.81. The monoisotopic (exact) mass is 457 g/mol. The number of aromatic nitrogens is 1. The third kappa shape index (κ3) is 4.92. The number of fused-ring (bicyclic) bond motifs is 2. The van der Waals surface area contributed by atoms with Crippen LogP contribution in [-0.2, 0) is 0 Å². The predicted molar refractivity (Wildman–Crippen MR) is 136 cm³/mol. The molecule has 3 aromatic carbocycles. The first-order valence-corrected chi connectivity index (χ1v) is 11.0. The highest BCUT2D eigenvalue weighted by Crippen LogP contribution is 2.35. The molecular weight excluding hydrogens is 430 g/mol. The van der Waals surface area contributed by atoms with Gasteiger partial charge in [-0.25, -0.2) is 9.78 Å². The maximum atomic E-state index is 13.0. The molecule has 0 radical (unpaired) electrons. The number of hydrogen-bond acceptors (Lipinski definition) is 5. The van der Waals surface area contributed by atoms with Crippen LogP contribution < -0.4 is 16.0 Å². The van der Waals surface area contributed by atoms with E-state index in [1.807, 2.05) is 74.4 Å². The second kappa shape index (κ2) is 9.76. The number of likely N-dealkylation sites (N-methyl/N-ethyl adjacent to an activating group) is 1. The van der Waals surface area contributed by atoms with Crippen molar-refractivity contribution >= 4 is 50.9 Å². The molecule has 4 rings (SSSR count). The van der Waals surface area contributed by atoms with Crippen molar-refractivity contribution in [3.05, 3.63) is 71.8 Å². The number of rotatable bonds is 7. The Hall–Kier alpha value is -4.17. The van der Waals surface area contributed by atoms with Crippen molar-refractivity contribution in [2.45, 2.75) is 6.92 Å². The average Bonchev–Trinajstić information content (AvgIpc) is 2.80. The first-order chi connectivity index (χ1) is 16.3. The molecule has 4 aromatic rings. The van der Waals surface area contributed by atoms with Gasteiger partial charge in [0.2, 0.25) is 0 Å². The minimum absolute atomic E-state index is 0.176. The maximum absolute atomic E-state index is 13.0. The molecule has 1 aromatic heterocycles. The highest BCUT2D eigenvalue weighted by molar-refractivity contribution is 6.14. The van der Waals surface area contributed by atoms with Gasteiger partial charge in [0.1, 0.15) is 0 Å². The smallest absolute Gasteiger partial charge is 0.409 e. The molecule has 0 aliphatic rings. The third-order valence-corrected chi connectivity index (χ3v) is 5.55. The number of carbonyl (C=O) groups is 2. The first kappa shape index (κ1) is 23.0. The lowest BCUT2D eigenvalue weighted by atomic mass is 10.0. The molecule has 0 aliphatic heterocycles. The van der Waals surface area contributed by atoms with Crippen molar-refractivity contribution in [3.8, 4) is 0 Å². The summed E-state index contributed by atoms with van der Waals surface area (Å²) < 4.78 is 0. The fraction of sp³-hybridized carbons (Fsp3) is 0.192. The van der Waals surface area contributed by atoms with Gasteiger partial charge in [-0.05, 0) is 50.8 Å². The molecule has 2 amide bonds. The predicted octanol–water partition coefficient (Wildman–Crippen LogP) is 4.82. The Labute approximate surface area is 197 Å². The van der Waals surface area contributed by atoms with Gasteiger partial charge >= 0.3 is 6.09 Å². The van der Waals surface area contributed by atoms with Crippen LogP contribution in [0.3, 0.4) is 0 Å². The van der Waals surface area contributed by atoms with Gasteiger partial charge in [0, 0.05) is 35.2 Å². The zero-order valence-corrected chi connectivity index (χ0v) is 19.3. The van der Waals surface area contributed by atoms with E-state index in [1.54, 1.807) is 12.1 Å². The van der Waals surface area contributed by atoms with Crippen molar-refractivity contribution in [1.29, 1.82) is 0 Å². The summed E-state index contributed by atoms with van der Waals surface area (Å²) >= 11 is 0. The van der Waals surface area contributed by atoms with E-state index in [2.05, 4.69) is 16.0 Å². The van der Waals surface area contributed by atoms with Crippen LogP contribution in [-0.4, -0.2) is 54.2 Å². The topological polar surface area (TPSA) is 107 Å². The van der Waals surface area contributed by atoms with E-state index >= 15 is 0 Å². The summed E-state index contributed by atoms with van der Waals surface area (Å²) in [5.74, 6) is -0.176. The lowest BCUT2D eigenvalue weighted by molar-refractivity contribution is 0.0952. The lowest BCUT2D eigenvalue weighted by Gasteiger charge is -2.16. The van der Waals surface area contributed by atoms with Crippen LogP contribution in [0.15, 0.2) is 60.7 Å². The van der Waals surface area contributed by atoms with Crippen LogP contribution in [0.1, 0.15) is 15.9 Å². The minimum atomic E-state index is -1.12. The van der Waals surface area contributed by atoms with Gasteiger partial charge < -0.3 is 20.6 Å². The van der Waals surface area contributed by atoms with E-state index < -0.39 is 6.09 Å². The number of amides is 2. The van der Waals surface area contributed by atoms with Crippen molar-refractivity contribution in [2.24, 2.45) is 0 Å². The summed E-state index contributed by atoms with van der Waals surface area (Å²) in [6.07, 6.45) is -1.12. The largest absolute Gasteiger partial charge is 0.465 e. The molecule has 0 atom stereocenters. The molecule has 0 unspecified atom stereocenters. The molecule has 0 saturated heterocycles. The van der Waals surface area contributed by atoms with Crippen LogP contribution >= 0.6 is 0 Å². The van der Waals surface area contributed by atoms with Gasteiger partial charge in [-0.1, -0.05) is 36.4 Å². The molecule has 8 heteroatoms. The molecule has 0 aliphatic carbocycles. The van der Waals surface area contributed by atoms with E-state index in [1.165, 1.54) is 0 Å². The van der Waals surface area contributed by atoms with Crippen LogP contribution in [0, 0.1) is 6.92 Å². The number of anilines is 3. The Morgan fingerprint density at radius 2 is 1.76 bits per heavy atom. The summed E-state index contributed by atoms with van der Waals surface area (Å²) in [5, 5.41) is 19.7. The Morgan fingerprint density at radius 3 is 2.53 bits per heavy atom. The molecule has 0 fully saturated rings. The molecule has 34 heavy (non-hydrogen) atoms. The van der Waals surface area contributed by atoms with E-state index in [0.29, 0.717) is 29.0 Å². The normalized spacial score (nSPS) is 11.1. The molecule has 174 valence electrons. The molecule has 4 N–H and O–H groups in total. The SMILES string of the molecule is Cc1ccc(Nc2c3ccccc3nc3c(C(=O)NCCN(C)C)cccc23)cc1NC(=O)O. The van der Waals surface area contributed by atoms with Gasteiger partial charge in [-0.2, -0.15) is 0 Å². The second-order valence-corrected chi connectivity index (χ2v) is 8.35. The number of carbonyl (C=O) groups excluding carboxylic acids is 1. The standard InChI is InChI=1S/C26H27N5O3/c1-16-11-12-17(15-22(16)30-26(33)34)28-23-18-7-4-5-10-21(18)29-24-19(23)8-6-9-20(24)25(32)27-13-14-31(2)3/h4-12,15,30H,13-14H2,1-3H3,(H,27,32)(H,28,29)(H,33,34). The summed E-state index contributed by atoms with van der Waals surface area (Å²) in [6, 6.07) is 18.8. The van der Waals surface area contributed by atoms with Gasteiger partial charge in [-0.15, -0.1) is 0 Å². The van der Waals surface area contributed by atoms with Crippen molar-refractivity contribution in [2.75, 3.05) is 37.8 Å². The maximum Gasteiger partial charge on any atom is 0.409 e. The Bertz CT molecular complexity index is 1380. The summed E-state index contributed by atoms with van der Waals surface area (Å²) in [7, 11) is 3.91. The molecular formula is C26H27N5O3. The van der Waals surface area contributed by atoms with Crippen molar-refractivity contribution in [1.82, 2.24) is 15.2 Å². The number of nitrogens with one attached hydrogen (secondary N) is 3. The molecule has 0 bridgehead atoms. The number of pyridine rings is 1. The molecule has 0 spiro atoms. The second-order valence-electron chi connectivity index (χ2n) is 8.35. The quantitative estimate of drug-likeness (QED) is 0.297. The number of benzene rings is 3. The Kier molecular flexibility index (Phi) is 6.60. The molecule has 0 saturated carbocycles. The summed E-state index contributed by atoms with van der Waals surface area (Å²) in [5.41, 5.74) is 4.68. The average molecular weight is 458 g/mol. The molecule has 8 nitrogen and oxygen atoms in total. The van der Waals surface area contributed by atoms with E-state index in [9.17, 15) is 9.59 Å². The number of para-hydroxylation sites is 2. The zero-order valence-electron chi connectivity index (χ0n) is 19.3. The first-order valence-electron chi connectivity index (χ1n) is 11.0. The van der Waals surface area contributed by atoms with Gasteiger partial charge in [0.25, 0.3) is 5.91 Å². The van der Waals surface area contributed by atoms with Crippen LogP contribution in [0.25, 0.3) is 21.8 Å². The number of hydrogen-bond donors (Lipinski definition) is 4. The number of aryl methyl sites for hydroxylation is 1. The fourth-order valence-electron chi connectivity index (χ4n) is 3.81. The zero-order chi connectivity index (χ0) is 24.2. The van der Waals surface area contributed by atoms with E-state index in [0.717, 1.165) is 34.1 Å². The van der Waals surface area contributed by atoms with Gasteiger partial charge in [0.15, 0.2) is 0 Å². The molecule has 1 heterocycles. The van der Waals surface area contributed by atoms with Gasteiger partial charge in [0.05, 0.1) is 22.3 Å². The highest BCUT2D eigenvalue weighted by atomic mass is 16.4. The third-order valence-electron chi connectivity index (χ3n) is 5.55. The van der Waals surface area contributed by atoms with E-state index in [4.69, 9.17) is 10.1 Å². The minimum Gasteiger partial charge on any atom is -0.465 e. The Balaban J connectivity index is 1.81. The van der Waals surface area contributed by atoms with E-state index in [-0.39, 0.29) is 5.91 Å². The van der Waals surface area contributed by atoms with Crippen LogP contribution in [0.4, 0.5) is 21.9 Å². The van der Waals surface area contributed by atoms with Crippen molar-refractivity contribution < 1.29 is 14.7 Å². The van der Waals surface area contributed by atoms with Gasteiger partial charge in [-0.3, -0.25) is 10.1 Å². The summed E-state index contributed by atoms with van der Waals surface area (Å²) in [4.78, 5) is 31.0. The number of carboxylic acid groups (broad SMARTS) is 1. The van der Waals surface area contributed by atoms with Crippen LogP contribution in [0.2, 0.25) is 0 Å². The lowest BCUT2D eigenvalue weighted by Crippen LogP contribution is -2.31. The van der Waals surface area contributed by atoms with Crippen LogP contribution in [0.5, 0.6) is 0 Å². The summed E-state index contributed by atoms with van der Waals surface area (Å²) in [6.45, 7) is 3.11.